The van der Waals surface area contributed by atoms with E-state index in [0.717, 1.165) is 49.2 Å². The number of carbonyl (C=O) groups excluding carboxylic acids is 1. The number of aromatic nitrogens is 1. The van der Waals surface area contributed by atoms with Gasteiger partial charge >= 0.3 is 0 Å². The number of ether oxygens (including phenoxy) is 1. The highest BCUT2D eigenvalue weighted by molar-refractivity contribution is 7.14. The van der Waals surface area contributed by atoms with E-state index in [9.17, 15) is 4.79 Å². The van der Waals surface area contributed by atoms with Gasteiger partial charge in [0.15, 0.2) is 5.13 Å². The quantitative estimate of drug-likeness (QED) is 0.787. The lowest BCUT2D eigenvalue weighted by Gasteiger charge is -2.19. The second-order valence-electron chi connectivity index (χ2n) is 7.01. The molecule has 0 bridgehead atoms. The van der Waals surface area contributed by atoms with Crippen molar-refractivity contribution in [3.63, 3.8) is 0 Å². The molecule has 140 valence electrons. The fourth-order valence-electron chi connectivity index (χ4n) is 3.17. The minimum Gasteiger partial charge on any atom is -0.492 e. The van der Waals surface area contributed by atoms with Crippen molar-refractivity contribution in [1.82, 2.24) is 9.88 Å². The summed E-state index contributed by atoms with van der Waals surface area (Å²) >= 11 is 1.47. The lowest BCUT2D eigenvalue weighted by molar-refractivity contribution is -0.120. The normalized spacial score (nSPS) is 15.2. The molecule has 1 aliphatic carbocycles. The van der Waals surface area contributed by atoms with Gasteiger partial charge in [-0.2, -0.15) is 0 Å². The molecular formula is C20H27N3O2S. The first kappa shape index (κ1) is 18.9. The molecule has 0 atom stereocenters. The van der Waals surface area contributed by atoms with Crippen molar-refractivity contribution < 1.29 is 9.53 Å². The zero-order chi connectivity index (χ0) is 18.4. The molecule has 1 aliphatic rings. The number of para-hydroxylation sites is 1. The summed E-state index contributed by atoms with van der Waals surface area (Å²) in [7, 11) is 4.05. The second-order valence-corrected chi connectivity index (χ2v) is 7.87. The van der Waals surface area contributed by atoms with Crippen LogP contribution in [0.4, 0.5) is 5.13 Å². The van der Waals surface area contributed by atoms with E-state index in [1.807, 2.05) is 43.7 Å². The monoisotopic (exact) mass is 373 g/mol. The Bertz CT molecular complexity index is 723. The van der Waals surface area contributed by atoms with Gasteiger partial charge in [0.2, 0.25) is 5.91 Å². The molecule has 0 aliphatic heterocycles. The molecule has 1 N–H and O–H groups in total. The lowest BCUT2D eigenvalue weighted by atomic mass is 9.89. The van der Waals surface area contributed by atoms with Gasteiger partial charge in [0, 0.05) is 23.4 Å². The standard InChI is InChI=1S/C20H27N3O2S/c1-23(2)12-13-25-18-11-7-6-10-16(18)17-14-26-20(21-17)22-19(24)15-8-4-3-5-9-15/h6-7,10-11,14-15H,3-5,8-9,12-13H2,1-2H3,(H,21,22,24). The largest absolute Gasteiger partial charge is 0.492 e. The van der Waals surface area contributed by atoms with Gasteiger partial charge in [-0.1, -0.05) is 31.4 Å². The third kappa shape index (κ3) is 5.05. The van der Waals surface area contributed by atoms with Crippen molar-refractivity contribution in [2.24, 2.45) is 5.92 Å². The van der Waals surface area contributed by atoms with Gasteiger partial charge in [0.25, 0.3) is 0 Å². The molecule has 1 aromatic carbocycles. The average Bonchev–Trinajstić information content (AvgIpc) is 3.11. The summed E-state index contributed by atoms with van der Waals surface area (Å²) in [6.45, 7) is 1.48. The average molecular weight is 374 g/mol. The SMILES string of the molecule is CN(C)CCOc1ccccc1-c1csc(NC(=O)C2CCCCC2)n1. The molecule has 1 saturated carbocycles. The Labute approximate surface area is 159 Å². The maximum absolute atomic E-state index is 12.4. The van der Waals surface area contributed by atoms with E-state index in [2.05, 4.69) is 15.2 Å². The number of thiazole rings is 1. The molecule has 0 spiro atoms. The van der Waals surface area contributed by atoms with E-state index in [1.54, 1.807) is 0 Å². The third-order valence-electron chi connectivity index (χ3n) is 4.67. The van der Waals surface area contributed by atoms with Crippen LogP contribution in [0.15, 0.2) is 29.6 Å². The molecule has 6 heteroatoms. The Morgan fingerprint density at radius 3 is 2.81 bits per heavy atom. The number of carbonyl (C=O) groups is 1. The zero-order valence-corrected chi connectivity index (χ0v) is 16.3. The van der Waals surface area contributed by atoms with Gasteiger partial charge in [-0.05, 0) is 39.1 Å². The van der Waals surface area contributed by atoms with Crippen molar-refractivity contribution in [3.05, 3.63) is 29.6 Å². The van der Waals surface area contributed by atoms with Gasteiger partial charge in [0.1, 0.15) is 12.4 Å². The molecule has 1 aromatic heterocycles. The first-order valence-corrected chi connectivity index (χ1v) is 10.1. The molecule has 0 radical (unpaired) electrons. The second kappa shape index (κ2) is 9.14. The summed E-state index contributed by atoms with van der Waals surface area (Å²) in [4.78, 5) is 19.1. The van der Waals surface area contributed by atoms with Crippen LogP contribution in [0.3, 0.4) is 0 Å². The summed E-state index contributed by atoms with van der Waals surface area (Å²) in [6, 6.07) is 7.91. The maximum Gasteiger partial charge on any atom is 0.229 e. The molecule has 1 amide bonds. The minimum atomic E-state index is 0.112. The number of nitrogens with zero attached hydrogens (tertiary/aromatic N) is 2. The van der Waals surface area contributed by atoms with Crippen molar-refractivity contribution in [3.8, 4) is 17.0 Å². The van der Waals surface area contributed by atoms with E-state index < -0.39 is 0 Å². The van der Waals surface area contributed by atoms with Crippen LogP contribution in [-0.4, -0.2) is 43.0 Å². The first-order valence-electron chi connectivity index (χ1n) is 9.27. The van der Waals surface area contributed by atoms with Crippen LogP contribution in [0.2, 0.25) is 0 Å². The molecule has 1 fully saturated rings. The minimum absolute atomic E-state index is 0.112. The van der Waals surface area contributed by atoms with E-state index in [-0.39, 0.29) is 11.8 Å². The molecule has 2 aromatic rings. The third-order valence-corrected chi connectivity index (χ3v) is 5.43. The predicted molar refractivity (Wildman–Crippen MR) is 107 cm³/mol. The Kier molecular flexibility index (Phi) is 6.63. The zero-order valence-electron chi connectivity index (χ0n) is 15.5. The first-order chi connectivity index (χ1) is 12.6. The summed E-state index contributed by atoms with van der Waals surface area (Å²) in [6.07, 6.45) is 5.53. The molecule has 26 heavy (non-hydrogen) atoms. The Hall–Kier alpha value is -1.92. The van der Waals surface area contributed by atoms with Crippen LogP contribution in [0.1, 0.15) is 32.1 Å². The van der Waals surface area contributed by atoms with E-state index >= 15 is 0 Å². The van der Waals surface area contributed by atoms with Gasteiger partial charge in [-0.15, -0.1) is 11.3 Å². The summed E-state index contributed by atoms with van der Waals surface area (Å²) in [5.74, 6) is 1.07. The number of hydrogen-bond donors (Lipinski definition) is 1. The molecule has 3 rings (SSSR count). The molecular weight excluding hydrogens is 346 g/mol. The Balaban J connectivity index is 1.66. The van der Waals surface area contributed by atoms with Gasteiger partial charge in [-0.3, -0.25) is 4.79 Å². The number of likely N-dealkylation sites (N-methyl/N-ethyl adjacent to an activating group) is 1. The molecule has 0 unspecified atom stereocenters. The molecule has 1 heterocycles. The van der Waals surface area contributed by atoms with Crippen molar-refractivity contribution in [1.29, 1.82) is 0 Å². The highest BCUT2D eigenvalue weighted by Gasteiger charge is 2.22. The number of anilines is 1. The number of amides is 1. The fourth-order valence-corrected chi connectivity index (χ4v) is 3.88. The van der Waals surface area contributed by atoms with E-state index in [4.69, 9.17) is 4.74 Å². The van der Waals surface area contributed by atoms with Crippen LogP contribution in [0.5, 0.6) is 5.75 Å². The maximum atomic E-state index is 12.4. The van der Waals surface area contributed by atoms with Crippen molar-refractivity contribution in [2.45, 2.75) is 32.1 Å². The number of benzene rings is 1. The van der Waals surface area contributed by atoms with Crippen LogP contribution in [-0.2, 0) is 4.79 Å². The number of hydrogen-bond acceptors (Lipinski definition) is 5. The summed E-state index contributed by atoms with van der Waals surface area (Å²) in [5, 5.41) is 5.64. The Morgan fingerprint density at radius 2 is 2.04 bits per heavy atom. The molecule has 5 nitrogen and oxygen atoms in total. The highest BCUT2D eigenvalue weighted by atomic mass is 32.1. The lowest BCUT2D eigenvalue weighted by Crippen LogP contribution is -2.24. The van der Waals surface area contributed by atoms with E-state index in [0.29, 0.717) is 11.7 Å². The van der Waals surface area contributed by atoms with Crippen LogP contribution >= 0.6 is 11.3 Å². The number of nitrogens with one attached hydrogen (secondary N) is 1. The highest BCUT2D eigenvalue weighted by Crippen LogP contribution is 2.33. The van der Waals surface area contributed by atoms with Gasteiger partial charge in [-0.25, -0.2) is 4.98 Å². The summed E-state index contributed by atoms with van der Waals surface area (Å²) < 4.78 is 5.92. The van der Waals surface area contributed by atoms with Crippen molar-refractivity contribution >= 4 is 22.4 Å². The Morgan fingerprint density at radius 1 is 1.27 bits per heavy atom. The van der Waals surface area contributed by atoms with Crippen molar-refractivity contribution in [2.75, 3.05) is 32.6 Å². The summed E-state index contributed by atoms with van der Waals surface area (Å²) in [5.41, 5.74) is 1.80. The van der Waals surface area contributed by atoms with Gasteiger partial charge in [0.05, 0.1) is 5.69 Å². The number of rotatable bonds is 7. The van der Waals surface area contributed by atoms with Crippen LogP contribution in [0.25, 0.3) is 11.3 Å². The smallest absolute Gasteiger partial charge is 0.229 e. The van der Waals surface area contributed by atoms with Crippen LogP contribution in [0, 0.1) is 5.92 Å². The predicted octanol–water partition coefficient (Wildman–Crippen LogP) is 4.27. The van der Waals surface area contributed by atoms with E-state index in [1.165, 1.54) is 17.8 Å². The molecule has 0 saturated heterocycles. The van der Waals surface area contributed by atoms with Crippen LogP contribution < -0.4 is 10.1 Å². The topological polar surface area (TPSA) is 54.5 Å². The fraction of sp³-hybridized carbons (Fsp3) is 0.500. The van der Waals surface area contributed by atoms with Gasteiger partial charge < -0.3 is 15.0 Å².